The van der Waals surface area contributed by atoms with Crippen LogP contribution in [0.3, 0.4) is 0 Å². The summed E-state index contributed by atoms with van der Waals surface area (Å²) in [4.78, 5) is 0. The third-order valence-electron chi connectivity index (χ3n) is 2.91. The van der Waals surface area contributed by atoms with Crippen molar-refractivity contribution in [2.45, 2.75) is 53.4 Å². The van der Waals surface area contributed by atoms with E-state index in [9.17, 15) is 0 Å². The van der Waals surface area contributed by atoms with Crippen molar-refractivity contribution < 1.29 is 0 Å². The van der Waals surface area contributed by atoms with E-state index in [1.54, 1.807) is 0 Å². The highest BCUT2D eigenvalue weighted by molar-refractivity contribution is 8.00. The maximum Gasteiger partial charge on any atom is 0.0116 e. The molecule has 0 aromatic rings. The standard InChI is InChI=1S/C17H30S2/c1-15(2)7-5-8-16(3)9-6-10-17(4)11-13-19-14-12-18/h7,9,11,18H,5-6,8,10,12-14H2,1-4H3/b16-9+,17-11+. The summed E-state index contributed by atoms with van der Waals surface area (Å²) in [5, 5.41) is 0. The van der Waals surface area contributed by atoms with Crippen LogP contribution in [-0.4, -0.2) is 17.3 Å². The molecule has 0 N–H and O–H groups in total. The Morgan fingerprint density at radius 2 is 1.47 bits per heavy atom. The zero-order chi connectivity index (χ0) is 14.5. The molecule has 0 nitrogen and oxygen atoms in total. The SMILES string of the molecule is CC(C)=CCC/C(C)=C/CC/C(C)=C/CSCCS. The maximum absolute atomic E-state index is 4.21. The molecule has 0 aliphatic carbocycles. The van der Waals surface area contributed by atoms with Crippen LogP contribution in [0.15, 0.2) is 34.9 Å². The van der Waals surface area contributed by atoms with Crippen LogP contribution < -0.4 is 0 Å². The minimum Gasteiger partial charge on any atom is -0.179 e. The fourth-order valence-corrected chi connectivity index (χ4v) is 2.77. The monoisotopic (exact) mass is 298 g/mol. The molecule has 0 heterocycles. The Labute approximate surface area is 130 Å². The number of thioether (sulfide) groups is 1. The van der Waals surface area contributed by atoms with Gasteiger partial charge in [0, 0.05) is 11.5 Å². The van der Waals surface area contributed by atoms with Crippen molar-refractivity contribution in [3.05, 3.63) is 34.9 Å². The van der Waals surface area contributed by atoms with Crippen molar-refractivity contribution in [2.24, 2.45) is 0 Å². The quantitative estimate of drug-likeness (QED) is 0.290. The molecule has 0 aromatic heterocycles. The van der Waals surface area contributed by atoms with Crippen molar-refractivity contribution in [1.29, 1.82) is 0 Å². The average molecular weight is 299 g/mol. The van der Waals surface area contributed by atoms with Gasteiger partial charge in [-0.2, -0.15) is 24.4 Å². The average Bonchev–Trinajstić information content (AvgIpc) is 2.34. The molecule has 0 atom stereocenters. The van der Waals surface area contributed by atoms with Crippen molar-refractivity contribution in [3.8, 4) is 0 Å². The molecule has 0 fully saturated rings. The van der Waals surface area contributed by atoms with Gasteiger partial charge >= 0.3 is 0 Å². The Kier molecular flexibility index (Phi) is 12.9. The molecule has 19 heavy (non-hydrogen) atoms. The summed E-state index contributed by atoms with van der Waals surface area (Å²) in [6, 6.07) is 0. The van der Waals surface area contributed by atoms with E-state index >= 15 is 0 Å². The lowest BCUT2D eigenvalue weighted by molar-refractivity contribution is 0.917. The molecule has 0 aromatic carbocycles. The van der Waals surface area contributed by atoms with Gasteiger partial charge in [0.15, 0.2) is 0 Å². The van der Waals surface area contributed by atoms with Gasteiger partial charge in [-0.3, -0.25) is 0 Å². The van der Waals surface area contributed by atoms with E-state index < -0.39 is 0 Å². The van der Waals surface area contributed by atoms with E-state index in [1.165, 1.54) is 42.4 Å². The summed E-state index contributed by atoms with van der Waals surface area (Å²) in [7, 11) is 0. The van der Waals surface area contributed by atoms with Gasteiger partial charge in [0.05, 0.1) is 0 Å². The lowest BCUT2D eigenvalue weighted by Crippen LogP contribution is -1.84. The van der Waals surface area contributed by atoms with Crippen LogP contribution >= 0.6 is 24.4 Å². The molecule has 2 heteroatoms. The van der Waals surface area contributed by atoms with Gasteiger partial charge in [0.1, 0.15) is 0 Å². The number of rotatable bonds is 10. The van der Waals surface area contributed by atoms with Crippen molar-refractivity contribution in [3.63, 3.8) is 0 Å². The van der Waals surface area contributed by atoms with Crippen LogP contribution in [0, 0.1) is 0 Å². The van der Waals surface area contributed by atoms with Crippen molar-refractivity contribution in [1.82, 2.24) is 0 Å². The molecule has 110 valence electrons. The molecule has 0 saturated heterocycles. The molecule has 0 rings (SSSR count). The fourth-order valence-electron chi connectivity index (χ4n) is 1.69. The van der Waals surface area contributed by atoms with Crippen LogP contribution in [0.4, 0.5) is 0 Å². The zero-order valence-electron chi connectivity index (χ0n) is 13.0. The molecule has 0 aliphatic heterocycles. The Hall–Kier alpha value is -0.0800. The molecule has 0 aliphatic rings. The second kappa shape index (κ2) is 12.9. The van der Waals surface area contributed by atoms with Crippen LogP contribution in [0.1, 0.15) is 53.4 Å². The van der Waals surface area contributed by atoms with Crippen LogP contribution in [0.5, 0.6) is 0 Å². The van der Waals surface area contributed by atoms with Crippen molar-refractivity contribution in [2.75, 3.05) is 17.3 Å². The molecule has 0 unspecified atom stereocenters. The third kappa shape index (κ3) is 14.1. The minimum atomic E-state index is 0.977. The van der Waals surface area contributed by atoms with Gasteiger partial charge in [-0.25, -0.2) is 0 Å². The fraction of sp³-hybridized carbons (Fsp3) is 0.647. The van der Waals surface area contributed by atoms with E-state index in [1.807, 2.05) is 11.8 Å². The summed E-state index contributed by atoms with van der Waals surface area (Å²) < 4.78 is 0. The Balaban J connectivity index is 3.77. The smallest absolute Gasteiger partial charge is 0.0116 e. The van der Waals surface area contributed by atoms with Crippen LogP contribution in [0.25, 0.3) is 0 Å². The maximum atomic E-state index is 4.21. The first-order chi connectivity index (χ1) is 9.06. The molecule has 0 bridgehead atoms. The second-order valence-corrected chi connectivity index (χ2v) is 6.86. The van der Waals surface area contributed by atoms with Gasteiger partial charge in [0.2, 0.25) is 0 Å². The molecular weight excluding hydrogens is 268 g/mol. The Morgan fingerprint density at radius 3 is 2.05 bits per heavy atom. The van der Waals surface area contributed by atoms with Crippen LogP contribution in [-0.2, 0) is 0 Å². The number of hydrogen-bond acceptors (Lipinski definition) is 2. The highest BCUT2D eigenvalue weighted by Gasteiger charge is 1.92. The van der Waals surface area contributed by atoms with E-state index in [0.29, 0.717) is 0 Å². The number of allylic oxidation sites excluding steroid dienone is 5. The minimum absolute atomic E-state index is 0.977. The first-order valence-electron chi connectivity index (χ1n) is 7.19. The number of hydrogen-bond donors (Lipinski definition) is 1. The van der Waals surface area contributed by atoms with Crippen molar-refractivity contribution >= 4 is 24.4 Å². The molecule has 0 amide bonds. The molecular formula is C17H30S2. The predicted molar refractivity (Wildman–Crippen MR) is 96.6 cm³/mol. The highest BCUT2D eigenvalue weighted by atomic mass is 32.2. The zero-order valence-corrected chi connectivity index (χ0v) is 14.7. The summed E-state index contributed by atoms with van der Waals surface area (Å²) in [5.74, 6) is 3.26. The summed E-state index contributed by atoms with van der Waals surface area (Å²) in [6.07, 6.45) is 11.8. The van der Waals surface area contributed by atoms with Gasteiger partial charge < -0.3 is 0 Å². The summed E-state index contributed by atoms with van der Waals surface area (Å²) in [6.45, 7) is 8.83. The Morgan fingerprint density at radius 1 is 0.895 bits per heavy atom. The Bertz CT molecular complexity index is 307. The van der Waals surface area contributed by atoms with E-state index in [0.717, 1.165) is 17.3 Å². The van der Waals surface area contributed by atoms with Gasteiger partial charge in [-0.1, -0.05) is 34.9 Å². The van der Waals surface area contributed by atoms with E-state index in [4.69, 9.17) is 0 Å². The molecule has 0 spiro atoms. The van der Waals surface area contributed by atoms with E-state index in [2.05, 4.69) is 58.6 Å². The van der Waals surface area contributed by atoms with Gasteiger partial charge in [-0.15, -0.1) is 0 Å². The van der Waals surface area contributed by atoms with Gasteiger partial charge in [0.25, 0.3) is 0 Å². The summed E-state index contributed by atoms with van der Waals surface area (Å²) in [5.41, 5.74) is 4.46. The first kappa shape index (κ1) is 18.9. The lowest BCUT2D eigenvalue weighted by Gasteiger charge is -2.01. The third-order valence-corrected chi connectivity index (χ3v) is 4.33. The predicted octanol–water partition coefficient (Wildman–Crippen LogP) is 6.07. The second-order valence-electron chi connectivity index (χ2n) is 5.26. The van der Waals surface area contributed by atoms with E-state index in [-0.39, 0.29) is 0 Å². The van der Waals surface area contributed by atoms with Crippen LogP contribution in [0.2, 0.25) is 0 Å². The summed E-state index contributed by atoms with van der Waals surface area (Å²) >= 11 is 6.17. The molecule has 0 radical (unpaired) electrons. The highest BCUT2D eigenvalue weighted by Crippen LogP contribution is 2.12. The van der Waals surface area contributed by atoms with Gasteiger partial charge in [-0.05, 0) is 59.1 Å². The lowest BCUT2D eigenvalue weighted by atomic mass is 10.1. The number of thiol groups is 1. The first-order valence-corrected chi connectivity index (χ1v) is 8.98. The normalized spacial score (nSPS) is 12.7. The topological polar surface area (TPSA) is 0 Å². The molecule has 0 saturated carbocycles. The largest absolute Gasteiger partial charge is 0.179 e.